The van der Waals surface area contributed by atoms with Gasteiger partial charge in [0, 0.05) is 56.1 Å². The minimum Gasteiger partial charge on any atom is -0.377 e. The van der Waals surface area contributed by atoms with E-state index in [0.717, 1.165) is 49.0 Å². The molecule has 0 unspecified atom stereocenters. The fourth-order valence-electron chi connectivity index (χ4n) is 4.53. The molecule has 1 aliphatic rings. The molecule has 0 spiro atoms. The van der Waals surface area contributed by atoms with Crippen molar-refractivity contribution in [2.45, 2.75) is 19.4 Å². The first-order valence-corrected chi connectivity index (χ1v) is 11.5. The molecule has 10 heteroatoms. The molecule has 5 rings (SSSR count). The molecule has 7 nitrogen and oxygen atoms in total. The number of benzene rings is 2. The Balaban J connectivity index is 1.37. The molecule has 35 heavy (non-hydrogen) atoms. The summed E-state index contributed by atoms with van der Waals surface area (Å²) in [6.45, 7) is 5.19. The monoisotopic (exact) mass is 481 g/mol. The molecule has 0 bridgehead atoms. The van der Waals surface area contributed by atoms with Gasteiger partial charge in [-0.2, -0.15) is 15.3 Å². The predicted octanol–water partition coefficient (Wildman–Crippen LogP) is 4.94. The number of fused-ring (bicyclic) bond motifs is 1. The topological polar surface area (TPSA) is 62.1 Å². The van der Waals surface area contributed by atoms with Gasteiger partial charge >= 0.3 is 0 Å². The summed E-state index contributed by atoms with van der Waals surface area (Å²) in [7, 11) is 1.91. The van der Waals surface area contributed by atoms with Crippen molar-refractivity contribution in [3.8, 4) is 0 Å². The number of halogens is 3. The molecule has 1 N–H and O–H groups in total. The van der Waals surface area contributed by atoms with Crippen LogP contribution in [0.15, 0.2) is 55.0 Å². The van der Waals surface area contributed by atoms with E-state index in [2.05, 4.69) is 30.4 Å². The Labute approximate surface area is 201 Å². The first-order valence-electron chi connectivity index (χ1n) is 11.5. The van der Waals surface area contributed by atoms with Crippen LogP contribution >= 0.6 is 0 Å². The number of aromatic nitrogens is 4. The molecule has 1 saturated heterocycles. The van der Waals surface area contributed by atoms with Gasteiger partial charge < -0.3 is 15.1 Å². The fraction of sp³-hybridized carbons (Fsp3) is 0.320. The van der Waals surface area contributed by atoms with Gasteiger partial charge in [0.1, 0.15) is 5.82 Å². The van der Waals surface area contributed by atoms with Crippen molar-refractivity contribution < 1.29 is 13.2 Å². The van der Waals surface area contributed by atoms with Crippen LogP contribution in [0, 0.1) is 5.82 Å². The summed E-state index contributed by atoms with van der Waals surface area (Å²) in [4.78, 5) is 4.62. The van der Waals surface area contributed by atoms with Gasteiger partial charge in [-0.15, -0.1) is 0 Å². The third kappa shape index (κ3) is 4.60. The largest absolute Gasteiger partial charge is 0.377 e. The van der Waals surface area contributed by atoms with Gasteiger partial charge in [0.05, 0.1) is 40.9 Å². The van der Waals surface area contributed by atoms with E-state index in [9.17, 15) is 13.2 Å². The molecule has 1 fully saturated rings. The number of piperazine rings is 1. The zero-order valence-corrected chi connectivity index (χ0v) is 19.5. The van der Waals surface area contributed by atoms with Crippen molar-refractivity contribution in [3.05, 3.63) is 71.9 Å². The molecule has 0 saturated carbocycles. The van der Waals surface area contributed by atoms with Crippen LogP contribution in [0.2, 0.25) is 0 Å². The van der Waals surface area contributed by atoms with Crippen LogP contribution in [0.1, 0.15) is 30.5 Å². The Bertz CT molecular complexity index is 1330. The Kier molecular flexibility index (Phi) is 6.19. The number of hydrogen-bond donors (Lipinski definition) is 1. The number of anilines is 3. The number of alkyl halides is 2. The lowest BCUT2D eigenvalue weighted by molar-refractivity contribution is 0.146. The van der Waals surface area contributed by atoms with Gasteiger partial charge in [-0.25, -0.2) is 13.2 Å². The summed E-state index contributed by atoms with van der Waals surface area (Å²) in [5, 5.41) is 16.6. The highest BCUT2D eigenvalue weighted by molar-refractivity contribution is 5.93. The molecule has 2 aromatic heterocycles. The maximum Gasteiger partial charge on any atom is 0.266 e. The summed E-state index contributed by atoms with van der Waals surface area (Å²) in [6, 6.07) is 9.51. The number of nitrogens with one attached hydrogen (secondary N) is 1. The van der Waals surface area contributed by atoms with Gasteiger partial charge in [0.15, 0.2) is 0 Å². The minimum atomic E-state index is -2.87. The van der Waals surface area contributed by atoms with E-state index in [1.54, 1.807) is 17.8 Å². The Hall–Kier alpha value is -3.82. The zero-order valence-electron chi connectivity index (χ0n) is 19.5. The van der Waals surface area contributed by atoms with Crippen molar-refractivity contribution in [2.75, 3.05) is 41.3 Å². The van der Waals surface area contributed by atoms with Crippen molar-refractivity contribution in [1.29, 1.82) is 0 Å². The van der Waals surface area contributed by atoms with Crippen LogP contribution in [0.4, 0.5) is 30.2 Å². The highest BCUT2D eigenvalue weighted by atomic mass is 19.3. The van der Waals surface area contributed by atoms with E-state index in [-0.39, 0.29) is 5.56 Å². The molecule has 3 heterocycles. The van der Waals surface area contributed by atoms with Gasteiger partial charge in [0.25, 0.3) is 6.43 Å². The van der Waals surface area contributed by atoms with Gasteiger partial charge in [-0.3, -0.25) is 4.68 Å². The minimum absolute atomic E-state index is 0.176. The molecule has 1 atom stereocenters. The Morgan fingerprint density at radius 2 is 1.66 bits per heavy atom. The maximum atomic E-state index is 14.7. The average Bonchev–Trinajstić information content (AvgIpc) is 3.30. The standard InChI is InChI=1S/C25H26F3N7/c1-16(19-4-3-5-20(24(19)26)25(27)28)31-23-14-29-32-22-7-6-17(12-21(22)23)34-8-10-35(11-9-34)18-13-30-33(2)15-18/h3-7,12-16,25H,8-11H2,1-2H3,(H,31,32)/t16-/m1/s1. The van der Waals surface area contributed by atoms with E-state index in [1.807, 2.05) is 37.6 Å². The molecular weight excluding hydrogens is 455 g/mol. The highest BCUT2D eigenvalue weighted by Gasteiger charge is 2.21. The number of rotatable bonds is 6. The van der Waals surface area contributed by atoms with Crippen molar-refractivity contribution in [2.24, 2.45) is 7.05 Å². The van der Waals surface area contributed by atoms with Gasteiger partial charge in [0.2, 0.25) is 0 Å². The van der Waals surface area contributed by atoms with Crippen LogP contribution in [-0.4, -0.2) is 46.2 Å². The zero-order chi connectivity index (χ0) is 24.5. The van der Waals surface area contributed by atoms with Gasteiger partial charge in [-0.1, -0.05) is 18.2 Å². The first kappa shape index (κ1) is 22.9. The van der Waals surface area contributed by atoms with Crippen LogP contribution < -0.4 is 15.1 Å². The highest BCUT2D eigenvalue weighted by Crippen LogP contribution is 2.32. The summed E-state index contributed by atoms with van der Waals surface area (Å²) < 4.78 is 42.8. The van der Waals surface area contributed by atoms with Crippen LogP contribution in [-0.2, 0) is 7.05 Å². The molecular formula is C25H26F3N7. The smallest absolute Gasteiger partial charge is 0.266 e. The van der Waals surface area contributed by atoms with Crippen LogP contribution in [0.25, 0.3) is 10.9 Å². The lowest BCUT2D eigenvalue weighted by atomic mass is 10.0. The third-order valence-corrected chi connectivity index (χ3v) is 6.46. The van der Waals surface area contributed by atoms with E-state index in [4.69, 9.17) is 0 Å². The van der Waals surface area contributed by atoms with E-state index in [0.29, 0.717) is 11.2 Å². The van der Waals surface area contributed by atoms with Gasteiger partial charge in [-0.05, 0) is 25.1 Å². The SMILES string of the molecule is C[C@@H](Nc1cnnc2ccc(N3CCN(c4cnn(C)c4)CC3)cc12)c1cccc(C(F)F)c1F. The van der Waals surface area contributed by atoms with E-state index in [1.165, 1.54) is 12.1 Å². The van der Waals surface area contributed by atoms with Crippen molar-refractivity contribution in [3.63, 3.8) is 0 Å². The quantitative estimate of drug-likeness (QED) is 0.421. The summed E-state index contributed by atoms with van der Waals surface area (Å²) in [5.74, 6) is -0.888. The van der Waals surface area contributed by atoms with Crippen molar-refractivity contribution >= 4 is 28.0 Å². The second kappa shape index (κ2) is 9.44. The molecule has 0 radical (unpaired) electrons. The lowest BCUT2D eigenvalue weighted by Crippen LogP contribution is -2.46. The summed E-state index contributed by atoms with van der Waals surface area (Å²) in [6.07, 6.45) is 2.61. The second-order valence-corrected chi connectivity index (χ2v) is 8.72. The summed E-state index contributed by atoms with van der Waals surface area (Å²) in [5.41, 5.74) is 3.11. The number of hydrogen-bond acceptors (Lipinski definition) is 6. The molecule has 1 aliphatic heterocycles. The molecule has 0 amide bonds. The average molecular weight is 482 g/mol. The molecule has 2 aromatic carbocycles. The predicted molar refractivity (Wildman–Crippen MR) is 131 cm³/mol. The number of aryl methyl sites for hydroxylation is 1. The lowest BCUT2D eigenvalue weighted by Gasteiger charge is -2.36. The van der Waals surface area contributed by atoms with Crippen LogP contribution in [0.3, 0.4) is 0 Å². The Morgan fingerprint density at radius 1 is 0.943 bits per heavy atom. The second-order valence-electron chi connectivity index (χ2n) is 8.72. The number of nitrogens with zero attached hydrogens (tertiary/aromatic N) is 6. The Morgan fingerprint density at radius 3 is 2.34 bits per heavy atom. The summed E-state index contributed by atoms with van der Waals surface area (Å²) >= 11 is 0. The van der Waals surface area contributed by atoms with E-state index >= 15 is 0 Å². The van der Waals surface area contributed by atoms with Crippen molar-refractivity contribution in [1.82, 2.24) is 20.0 Å². The molecule has 4 aromatic rings. The maximum absolute atomic E-state index is 14.7. The van der Waals surface area contributed by atoms with E-state index < -0.39 is 23.8 Å². The molecule has 0 aliphatic carbocycles. The fourth-order valence-corrected chi connectivity index (χ4v) is 4.53. The normalized spacial score (nSPS) is 15.1. The van der Waals surface area contributed by atoms with Crippen LogP contribution in [0.5, 0.6) is 0 Å². The third-order valence-electron chi connectivity index (χ3n) is 6.46. The first-order chi connectivity index (χ1) is 16.9. The molecule has 182 valence electrons.